The van der Waals surface area contributed by atoms with Gasteiger partial charge in [0.05, 0.1) is 24.4 Å². The maximum absolute atomic E-state index is 11.4. The van der Waals surface area contributed by atoms with E-state index in [1.807, 2.05) is 97.1 Å². The van der Waals surface area contributed by atoms with Gasteiger partial charge in [-0.15, -0.1) is 5.92 Å². The van der Waals surface area contributed by atoms with Crippen molar-refractivity contribution in [2.75, 3.05) is 19.8 Å². The fourth-order valence-electron chi connectivity index (χ4n) is 6.86. The molecule has 0 amide bonds. The Bertz CT molecular complexity index is 1940. The van der Waals surface area contributed by atoms with E-state index in [1.54, 1.807) is 0 Å². The van der Waals surface area contributed by atoms with Crippen LogP contribution in [0.2, 0.25) is 0 Å². The molecule has 0 saturated heterocycles. The summed E-state index contributed by atoms with van der Waals surface area (Å²) in [5, 5.41) is 15.5. The summed E-state index contributed by atoms with van der Waals surface area (Å²) < 4.78 is 34.1. The van der Waals surface area contributed by atoms with E-state index in [2.05, 4.69) is 120 Å². The molecule has 1 unspecified atom stereocenters. The van der Waals surface area contributed by atoms with E-state index in [4.69, 9.17) is 22.4 Å². The van der Waals surface area contributed by atoms with Crippen LogP contribution in [0, 0.1) is 17.8 Å². The largest absolute Gasteiger partial charge is 0.407 e. The quantitative estimate of drug-likeness (QED) is 0.0371. The fraction of sp³-hybridized carbons (Fsp3) is 0.333. The monoisotopic (exact) mass is 826 g/mol. The van der Waals surface area contributed by atoms with Crippen LogP contribution >= 0.6 is 0 Å². The molecule has 0 aliphatic carbocycles. The van der Waals surface area contributed by atoms with E-state index in [-0.39, 0.29) is 5.92 Å². The van der Waals surface area contributed by atoms with Crippen molar-refractivity contribution in [2.24, 2.45) is 5.92 Å². The minimum Gasteiger partial charge on any atom is -0.387 e. The summed E-state index contributed by atoms with van der Waals surface area (Å²) in [6.07, 6.45) is 5.06. The van der Waals surface area contributed by atoms with Crippen LogP contribution in [0.4, 0.5) is 0 Å². The zero-order valence-corrected chi connectivity index (χ0v) is 37.7. The number of unbranched alkanes of at least 4 members (excludes halogenated alkanes) is 1. The molecule has 0 heterocycles. The summed E-state index contributed by atoms with van der Waals surface area (Å²) in [7, 11) is -6.45. The SMILES string of the molecule is CC(C)(C)O[Si](OC/C=C/[C@@H](CO[Si](OC(C)(C)C)(c1ccccc1)c1ccccc1)CC(O)C#CCCCOCc1ccccc1)(c1ccccc1)c1ccccc1. The van der Waals surface area contributed by atoms with Crippen LogP contribution < -0.4 is 20.7 Å². The number of benzene rings is 5. The van der Waals surface area contributed by atoms with Gasteiger partial charge in [0, 0.05) is 25.6 Å². The smallest absolute Gasteiger partial charge is 0.387 e. The van der Waals surface area contributed by atoms with Crippen LogP contribution in [0.5, 0.6) is 0 Å². The highest BCUT2D eigenvalue weighted by molar-refractivity contribution is 6.93. The van der Waals surface area contributed by atoms with E-state index < -0.39 is 34.4 Å². The number of hydrogen-bond acceptors (Lipinski definition) is 6. The van der Waals surface area contributed by atoms with Gasteiger partial charge in [-0.1, -0.05) is 170 Å². The van der Waals surface area contributed by atoms with Gasteiger partial charge >= 0.3 is 17.1 Å². The van der Waals surface area contributed by atoms with Gasteiger partial charge in [-0.25, -0.2) is 0 Å². The molecular formula is C51H62O6Si2. The van der Waals surface area contributed by atoms with Crippen molar-refractivity contribution < 1.29 is 27.5 Å². The van der Waals surface area contributed by atoms with Crippen molar-refractivity contribution in [3.63, 3.8) is 0 Å². The van der Waals surface area contributed by atoms with E-state index >= 15 is 0 Å². The highest BCUT2D eigenvalue weighted by Gasteiger charge is 2.47. The van der Waals surface area contributed by atoms with Gasteiger partial charge in [0.1, 0.15) is 6.10 Å². The van der Waals surface area contributed by atoms with Crippen LogP contribution in [0.3, 0.4) is 0 Å². The first-order valence-electron chi connectivity index (χ1n) is 20.7. The summed E-state index contributed by atoms with van der Waals surface area (Å²) in [4.78, 5) is 0. The number of aliphatic hydroxyl groups excluding tert-OH is 1. The normalized spacial score (nSPS) is 13.5. The van der Waals surface area contributed by atoms with Crippen molar-refractivity contribution in [1.82, 2.24) is 0 Å². The minimum absolute atomic E-state index is 0.215. The molecule has 1 N–H and O–H groups in total. The lowest BCUT2D eigenvalue weighted by atomic mass is 10.0. The zero-order chi connectivity index (χ0) is 42.0. The average molecular weight is 827 g/mol. The predicted molar refractivity (Wildman–Crippen MR) is 246 cm³/mol. The highest BCUT2D eigenvalue weighted by Crippen LogP contribution is 2.23. The molecule has 2 atom stereocenters. The first-order valence-corrected chi connectivity index (χ1v) is 24.4. The second kappa shape index (κ2) is 22.3. The van der Waals surface area contributed by atoms with Gasteiger partial charge in [0.2, 0.25) is 0 Å². The summed E-state index contributed by atoms with van der Waals surface area (Å²) >= 11 is 0. The lowest BCUT2D eigenvalue weighted by Crippen LogP contribution is -2.66. The van der Waals surface area contributed by atoms with Crippen molar-refractivity contribution in [3.8, 4) is 11.8 Å². The molecule has 6 nitrogen and oxygen atoms in total. The molecule has 310 valence electrons. The van der Waals surface area contributed by atoms with Gasteiger partial charge in [-0.05, 0) is 80.7 Å². The third kappa shape index (κ3) is 14.4. The van der Waals surface area contributed by atoms with Gasteiger partial charge < -0.3 is 27.5 Å². The van der Waals surface area contributed by atoms with E-state index in [0.29, 0.717) is 39.3 Å². The van der Waals surface area contributed by atoms with E-state index in [0.717, 1.165) is 32.7 Å². The molecule has 0 aliphatic rings. The summed E-state index contributed by atoms with van der Waals surface area (Å²) in [5.74, 6) is 6.08. The lowest BCUT2D eigenvalue weighted by molar-refractivity contribution is 0.0698. The first-order chi connectivity index (χ1) is 28.4. The second-order valence-electron chi connectivity index (χ2n) is 16.7. The van der Waals surface area contributed by atoms with Crippen LogP contribution in [-0.4, -0.2) is 59.4 Å². The van der Waals surface area contributed by atoms with E-state index in [1.165, 1.54) is 0 Å². The number of hydrogen-bond donors (Lipinski definition) is 1. The topological polar surface area (TPSA) is 66.4 Å². The molecule has 0 radical (unpaired) electrons. The molecule has 59 heavy (non-hydrogen) atoms. The predicted octanol–water partition coefficient (Wildman–Crippen LogP) is 8.09. The van der Waals surface area contributed by atoms with Gasteiger partial charge in [0.25, 0.3) is 0 Å². The molecule has 5 aromatic carbocycles. The molecule has 0 aliphatic heterocycles. The van der Waals surface area contributed by atoms with Gasteiger partial charge in [-0.2, -0.15) is 0 Å². The zero-order valence-electron chi connectivity index (χ0n) is 35.7. The number of ether oxygens (including phenoxy) is 1. The van der Waals surface area contributed by atoms with Crippen molar-refractivity contribution in [3.05, 3.63) is 169 Å². The lowest BCUT2D eigenvalue weighted by Gasteiger charge is -2.38. The Morgan fingerprint density at radius 1 is 0.593 bits per heavy atom. The van der Waals surface area contributed by atoms with Crippen molar-refractivity contribution >= 4 is 37.9 Å². The summed E-state index contributed by atoms with van der Waals surface area (Å²) in [6, 6.07) is 51.3. The maximum atomic E-state index is 11.4. The molecule has 5 rings (SSSR count). The Balaban J connectivity index is 1.40. The molecule has 0 saturated carbocycles. The molecule has 0 bridgehead atoms. The van der Waals surface area contributed by atoms with Crippen LogP contribution in [0.15, 0.2) is 164 Å². The Morgan fingerprint density at radius 3 is 1.46 bits per heavy atom. The summed E-state index contributed by atoms with van der Waals surface area (Å²) in [6.45, 7) is 14.2. The van der Waals surface area contributed by atoms with Crippen molar-refractivity contribution in [2.45, 2.75) is 84.7 Å². The van der Waals surface area contributed by atoms with Crippen LogP contribution in [-0.2, 0) is 29.0 Å². The van der Waals surface area contributed by atoms with Gasteiger partial charge in [-0.3, -0.25) is 0 Å². The Morgan fingerprint density at radius 2 is 1.02 bits per heavy atom. The Hall–Kier alpha value is -4.41. The van der Waals surface area contributed by atoms with Crippen LogP contribution in [0.25, 0.3) is 0 Å². The number of rotatable bonds is 20. The Labute approximate surface area is 355 Å². The second-order valence-corrected chi connectivity index (χ2v) is 22.4. The number of aliphatic hydroxyl groups is 1. The standard InChI is InChI=1S/C51H62O6Si2/c1-50(2,3)56-58(46-30-16-8-17-31-46,47-32-18-9-19-33-47)54-39-25-28-44(40-45(52)29-15-12-24-38-53-41-43-26-13-7-14-27-43)42-55-59(57-51(4,5)6,48-34-20-10-21-35-48)49-36-22-11-23-37-49/h7-11,13-14,16-23,25-28,30-37,44-45,52H,12,24,38-42H2,1-6H3/b28-25+/t44-,45?/m1/s1. The fourth-order valence-corrected chi connectivity index (χ4v) is 13.8. The molecule has 0 aromatic heterocycles. The third-order valence-corrected chi connectivity index (χ3v) is 16.6. The third-order valence-electron chi connectivity index (χ3n) is 9.30. The van der Waals surface area contributed by atoms with E-state index in [9.17, 15) is 5.11 Å². The van der Waals surface area contributed by atoms with Crippen LogP contribution in [0.1, 0.15) is 66.4 Å². The summed E-state index contributed by atoms with van der Waals surface area (Å²) in [5.41, 5.74) is 0.183. The highest BCUT2D eigenvalue weighted by atomic mass is 28.4. The molecule has 0 fully saturated rings. The van der Waals surface area contributed by atoms with Gasteiger partial charge in [0.15, 0.2) is 0 Å². The average Bonchev–Trinajstić information content (AvgIpc) is 3.23. The molecule has 0 spiro atoms. The Kier molecular flexibility index (Phi) is 17.2. The first kappa shape index (κ1) is 45.7. The minimum atomic E-state index is -3.27. The van der Waals surface area contributed by atoms with Crippen molar-refractivity contribution in [1.29, 1.82) is 0 Å². The molecule has 5 aromatic rings. The molecular weight excluding hydrogens is 765 g/mol. The molecule has 8 heteroatoms. The maximum Gasteiger partial charge on any atom is 0.407 e.